The van der Waals surface area contributed by atoms with Crippen molar-refractivity contribution in [1.82, 2.24) is 14.9 Å². The summed E-state index contributed by atoms with van der Waals surface area (Å²) in [6, 6.07) is 12.5. The quantitative estimate of drug-likeness (QED) is 0.699. The van der Waals surface area contributed by atoms with Gasteiger partial charge in [0.2, 0.25) is 5.91 Å². The third-order valence-electron chi connectivity index (χ3n) is 5.75. The van der Waals surface area contributed by atoms with Gasteiger partial charge in [0.05, 0.1) is 29.2 Å². The van der Waals surface area contributed by atoms with E-state index >= 15 is 0 Å². The number of para-hydroxylation sites is 1. The number of thiophene rings is 1. The summed E-state index contributed by atoms with van der Waals surface area (Å²) in [4.78, 5) is 27.5. The fourth-order valence-corrected chi connectivity index (χ4v) is 5.12. The van der Waals surface area contributed by atoms with Crippen LogP contribution in [0.5, 0.6) is 0 Å². The zero-order valence-electron chi connectivity index (χ0n) is 14.9. The Morgan fingerprint density at radius 1 is 1.04 bits per heavy atom. The fourth-order valence-electron chi connectivity index (χ4n) is 4.37. The van der Waals surface area contributed by atoms with E-state index in [9.17, 15) is 4.79 Å². The number of hydrogen-bond donors (Lipinski definition) is 0. The van der Waals surface area contributed by atoms with Crippen molar-refractivity contribution in [3.63, 3.8) is 0 Å². The summed E-state index contributed by atoms with van der Waals surface area (Å²) in [5, 5.41) is 2.12. The maximum Gasteiger partial charge on any atom is 0.242 e. The van der Waals surface area contributed by atoms with E-state index in [1.54, 1.807) is 23.7 Å². The van der Waals surface area contributed by atoms with Crippen LogP contribution >= 0.6 is 11.3 Å². The first kappa shape index (κ1) is 16.6. The lowest BCUT2D eigenvalue weighted by Crippen LogP contribution is -2.47. The van der Waals surface area contributed by atoms with Crippen molar-refractivity contribution in [1.29, 1.82) is 0 Å². The van der Waals surface area contributed by atoms with Crippen molar-refractivity contribution in [3.05, 3.63) is 70.9 Å². The van der Waals surface area contributed by atoms with E-state index in [1.165, 1.54) is 11.2 Å². The average molecular weight is 376 g/mol. The van der Waals surface area contributed by atoms with Crippen LogP contribution in [0.15, 0.2) is 60.5 Å². The Morgan fingerprint density at radius 2 is 1.81 bits per heavy atom. The molecule has 0 radical (unpaired) electrons. The van der Waals surface area contributed by atoms with Crippen molar-refractivity contribution in [2.75, 3.05) is 18.0 Å². The highest BCUT2D eigenvalue weighted by Gasteiger charge is 2.52. The molecule has 5 nitrogen and oxygen atoms in total. The highest BCUT2D eigenvalue weighted by molar-refractivity contribution is 7.09. The molecule has 136 valence electrons. The fraction of sp³-hybridized carbons (Fsp3) is 0.286. The van der Waals surface area contributed by atoms with Crippen LogP contribution in [0.1, 0.15) is 23.3 Å². The summed E-state index contributed by atoms with van der Waals surface area (Å²) in [5.74, 6) is 0.161. The average Bonchev–Trinajstić information content (AvgIpc) is 3.30. The van der Waals surface area contributed by atoms with Gasteiger partial charge in [-0.1, -0.05) is 24.3 Å². The molecule has 6 heteroatoms. The Kier molecular flexibility index (Phi) is 4.02. The standard InChI is InChI=1S/C21H20N4OS/c26-20-21(7-9-24(10-8-21)14-17-4-3-11-27-17)18-5-1-2-6-19(18)25(20)16-12-22-15-23-13-16/h1-6,11-13,15H,7-10,14H2. The summed E-state index contributed by atoms with van der Waals surface area (Å²) in [5.41, 5.74) is 2.43. The number of piperidine rings is 1. The highest BCUT2D eigenvalue weighted by atomic mass is 32.1. The number of carbonyl (C=O) groups is 1. The van der Waals surface area contributed by atoms with Crippen LogP contribution in [-0.4, -0.2) is 33.9 Å². The molecule has 4 heterocycles. The summed E-state index contributed by atoms with van der Waals surface area (Å²) >= 11 is 1.80. The lowest BCUT2D eigenvalue weighted by molar-refractivity contribution is -0.124. The molecular formula is C21H20N4OS. The normalized spacial score (nSPS) is 18.8. The number of anilines is 2. The SMILES string of the molecule is O=C1N(c2cncnc2)c2ccccc2C12CCN(Cc1cccs1)CC2. The first-order chi connectivity index (χ1) is 13.3. The second kappa shape index (κ2) is 6.55. The molecule has 0 atom stereocenters. The van der Waals surface area contributed by atoms with Crippen LogP contribution in [0.2, 0.25) is 0 Å². The Hall–Kier alpha value is -2.57. The van der Waals surface area contributed by atoms with Gasteiger partial charge in [0, 0.05) is 11.4 Å². The van der Waals surface area contributed by atoms with Crippen molar-refractivity contribution < 1.29 is 4.79 Å². The van der Waals surface area contributed by atoms with E-state index in [4.69, 9.17) is 0 Å². The molecular weight excluding hydrogens is 356 g/mol. The van der Waals surface area contributed by atoms with Gasteiger partial charge in [-0.25, -0.2) is 9.97 Å². The number of benzene rings is 1. The van der Waals surface area contributed by atoms with Crippen molar-refractivity contribution in [3.8, 4) is 0 Å². The number of aromatic nitrogens is 2. The van der Waals surface area contributed by atoms with E-state index in [1.807, 2.05) is 23.1 Å². The van der Waals surface area contributed by atoms with Crippen molar-refractivity contribution in [2.24, 2.45) is 0 Å². The number of fused-ring (bicyclic) bond motifs is 2. The Bertz CT molecular complexity index is 949. The maximum absolute atomic E-state index is 13.6. The number of carbonyl (C=O) groups excluding carboxylic acids is 1. The van der Waals surface area contributed by atoms with Crippen LogP contribution in [0.25, 0.3) is 0 Å². The lowest BCUT2D eigenvalue weighted by atomic mass is 9.73. The van der Waals surface area contributed by atoms with Gasteiger partial charge < -0.3 is 0 Å². The molecule has 0 aliphatic carbocycles. The minimum atomic E-state index is -0.432. The van der Waals surface area contributed by atoms with Gasteiger partial charge in [-0.3, -0.25) is 14.6 Å². The van der Waals surface area contributed by atoms with Gasteiger partial charge in [0.1, 0.15) is 6.33 Å². The molecule has 2 aliphatic rings. The number of hydrogen-bond acceptors (Lipinski definition) is 5. The van der Waals surface area contributed by atoms with Gasteiger partial charge in [-0.2, -0.15) is 0 Å². The second-order valence-corrected chi connectivity index (χ2v) is 8.22. The Morgan fingerprint density at radius 3 is 2.56 bits per heavy atom. The largest absolute Gasteiger partial charge is 0.298 e. The van der Waals surface area contributed by atoms with E-state index in [0.29, 0.717) is 0 Å². The van der Waals surface area contributed by atoms with Gasteiger partial charge >= 0.3 is 0 Å². The molecule has 5 rings (SSSR count). The van der Waals surface area contributed by atoms with Crippen LogP contribution in [0.4, 0.5) is 11.4 Å². The molecule has 0 saturated carbocycles. The first-order valence-electron chi connectivity index (χ1n) is 9.22. The molecule has 0 unspecified atom stereocenters. The third-order valence-corrected chi connectivity index (χ3v) is 6.61. The van der Waals surface area contributed by atoms with Crippen LogP contribution in [0, 0.1) is 0 Å². The molecule has 1 aromatic carbocycles. The summed E-state index contributed by atoms with van der Waals surface area (Å²) in [7, 11) is 0. The molecule has 2 aliphatic heterocycles. The van der Waals surface area contributed by atoms with Gasteiger partial charge in [-0.15, -0.1) is 11.3 Å². The molecule has 1 fully saturated rings. The van der Waals surface area contributed by atoms with E-state index in [2.05, 4.69) is 38.4 Å². The lowest BCUT2D eigenvalue weighted by Gasteiger charge is -2.38. The molecule has 27 heavy (non-hydrogen) atoms. The van der Waals surface area contributed by atoms with Crippen LogP contribution < -0.4 is 4.90 Å². The number of likely N-dealkylation sites (tertiary alicyclic amines) is 1. The molecule has 3 aromatic rings. The summed E-state index contributed by atoms with van der Waals surface area (Å²) in [6.07, 6.45) is 6.62. The number of nitrogens with zero attached hydrogens (tertiary/aromatic N) is 4. The molecule has 0 N–H and O–H groups in total. The third kappa shape index (κ3) is 2.67. The van der Waals surface area contributed by atoms with Crippen molar-refractivity contribution in [2.45, 2.75) is 24.8 Å². The van der Waals surface area contributed by atoms with Gasteiger partial charge in [-0.05, 0) is 49.0 Å². The van der Waals surface area contributed by atoms with Crippen LogP contribution in [-0.2, 0) is 16.8 Å². The summed E-state index contributed by atoms with van der Waals surface area (Å²) < 4.78 is 0. The molecule has 2 aromatic heterocycles. The zero-order valence-corrected chi connectivity index (χ0v) is 15.7. The highest BCUT2D eigenvalue weighted by Crippen LogP contribution is 2.50. The maximum atomic E-state index is 13.6. The monoisotopic (exact) mass is 376 g/mol. The Labute approximate surface area is 162 Å². The molecule has 1 saturated heterocycles. The molecule has 1 amide bonds. The smallest absolute Gasteiger partial charge is 0.242 e. The topological polar surface area (TPSA) is 49.3 Å². The Balaban J connectivity index is 1.46. The minimum Gasteiger partial charge on any atom is -0.298 e. The van der Waals surface area contributed by atoms with Gasteiger partial charge in [0.15, 0.2) is 0 Å². The molecule has 0 bridgehead atoms. The van der Waals surface area contributed by atoms with E-state index in [-0.39, 0.29) is 5.91 Å². The number of amides is 1. The van der Waals surface area contributed by atoms with Crippen LogP contribution in [0.3, 0.4) is 0 Å². The summed E-state index contributed by atoms with van der Waals surface area (Å²) in [6.45, 7) is 2.83. The second-order valence-electron chi connectivity index (χ2n) is 7.19. The number of rotatable bonds is 3. The predicted molar refractivity (Wildman–Crippen MR) is 106 cm³/mol. The van der Waals surface area contributed by atoms with E-state index < -0.39 is 5.41 Å². The predicted octanol–water partition coefficient (Wildman–Crippen LogP) is 3.75. The van der Waals surface area contributed by atoms with Crippen molar-refractivity contribution >= 4 is 28.6 Å². The zero-order chi connectivity index (χ0) is 18.3. The first-order valence-corrected chi connectivity index (χ1v) is 10.1. The van der Waals surface area contributed by atoms with Gasteiger partial charge in [0.25, 0.3) is 0 Å². The van der Waals surface area contributed by atoms with E-state index in [0.717, 1.165) is 49.4 Å². The minimum absolute atomic E-state index is 0.161. The molecule has 1 spiro atoms.